The van der Waals surface area contributed by atoms with Crippen molar-refractivity contribution in [2.75, 3.05) is 0 Å². The molecule has 4 nitrogen and oxygen atoms in total. The lowest BCUT2D eigenvalue weighted by Gasteiger charge is -2.37. The summed E-state index contributed by atoms with van der Waals surface area (Å²) in [5.41, 5.74) is 7.60. The Morgan fingerprint density at radius 3 is 0.958 bits per heavy atom. The van der Waals surface area contributed by atoms with E-state index < -0.39 is 10.8 Å². The normalized spacial score (nSPS) is 14.2. The summed E-state index contributed by atoms with van der Waals surface area (Å²) in [6, 6.07) is 52.1. The summed E-state index contributed by atoms with van der Waals surface area (Å²) in [5.74, 6) is 0.460. The van der Waals surface area contributed by atoms with Crippen LogP contribution in [0, 0.1) is 0 Å². The maximum absolute atomic E-state index is 14.0. The highest BCUT2D eigenvalue weighted by Gasteiger charge is 2.50. The van der Waals surface area contributed by atoms with Gasteiger partial charge in [0.1, 0.15) is 11.5 Å². The molecule has 0 unspecified atom stereocenters. The van der Waals surface area contributed by atoms with E-state index in [1.165, 1.54) is 0 Å². The van der Waals surface area contributed by atoms with Crippen molar-refractivity contribution >= 4 is 11.9 Å². The van der Waals surface area contributed by atoms with Gasteiger partial charge >= 0.3 is 11.9 Å². The van der Waals surface area contributed by atoms with E-state index in [4.69, 9.17) is 9.47 Å². The second-order valence-electron chi connectivity index (χ2n) is 12.8. The molecule has 0 fully saturated rings. The minimum atomic E-state index is -0.679. The van der Waals surface area contributed by atoms with Gasteiger partial charge in [-0.2, -0.15) is 0 Å². The van der Waals surface area contributed by atoms with Crippen molar-refractivity contribution in [1.29, 1.82) is 0 Å². The summed E-state index contributed by atoms with van der Waals surface area (Å²) in [4.78, 5) is 27.9. The van der Waals surface area contributed by atoms with E-state index >= 15 is 0 Å². The molecule has 0 bridgehead atoms. The molecule has 0 atom stereocenters. The second-order valence-corrected chi connectivity index (χ2v) is 12.8. The van der Waals surface area contributed by atoms with Gasteiger partial charge < -0.3 is 9.47 Å². The molecule has 0 heterocycles. The maximum Gasteiger partial charge on any atom is 0.312 e. The third-order valence-electron chi connectivity index (χ3n) is 10.2. The Balaban J connectivity index is 1.25. The highest BCUT2D eigenvalue weighted by Crippen LogP contribution is 2.58. The van der Waals surface area contributed by atoms with Crippen LogP contribution in [0.25, 0.3) is 22.3 Å². The SMILES string of the molecule is O=C(CC1(CCC2(CC(=O)Oc3ccccc3)c3ccccc3-c3ccccc32)c2ccccc2-c2ccccc21)Oc1ccccc1. The molecule has 6 aromatic rings. The molecule has 0 amide bonds. The third-order valence-corrected chi connectivity index (χ3v) is 10.2. The Labute approximate surface area is 280 Å². The van der Waals surface area contributed by atoms with Crippen molar-refractivity contribution in [3.05, 3.63) is 180 Å². The first-order valence-corrected chi connectivity index (χ1v) is 16.5. The molecule has 0 spiro atoms. The van der Waals surface area contributed by atoms with Crippen LogP contribution in [0.2, 0.25) is 0 Å². The molecule has 0 saturated carbocycles. The molecule has 2 aliphatic carbocycles. The van der Waals surface area contributed by atoms with E-state index in [1.807, 2.05) is 36.4 Å². The van der Waals surface area contributed by atoms with Gasteiger partial charge in [0.25, 0.3) is 0 Å². The smallest absolute Gasteiger partial charge is 0.312 e. The molecule has 48 heavy (non-hydrogen) atoms. The number of para-hydroxylation sites is 2. The Hall–Kier alpha value is -5.74. The molecular formula is C44H34O4. The summed E-state index contributed by atoms with van der Waals surface area (Å²) < 4.78 is 11.9. The molecular weight excluding hydrogens is 592 g/mol. The summed E-state index contributed by atoms with van der Waals surface area (Å²) in [6.45, 7) is 0. The van der Waals surface area contributed by atoms with Gasteiger partial charge in [0, 0.05) is 10.8 Å². The van der Waals surface area contributed by atoms with Gasteiger partial charge in [-0.25, -0.2) is 0 Å². The first kappa shape index (κ1) is 29.6. The quantitative estimate of drug-likeness (QED) is 0.118. The monoisotopic (exact) mass is 626 g/mol. The van der Waals surface area contributed by atoms with E-state index in [1.54, 1.807) is 24.3 Å². The van der Waals surface area contributed by atoms with Crippen molar-refractivity contribution in [1.82, 2.24) is 0 Å². The van der Waals surface area contributed by atoms with Crippen LogP contribution in [0.15, 0.2) is 158 Å². The van der Waals surface area contributed by atoms with Crippen molar-refractivity contribution in [2.24, 2.45) is 0 Å². The second kappa shape index (κ2) is 12.1. The fraction of sp³-hybridized carbons (Fsp3) is 0.136. The predicted molar refractivity (Wildman–Crippen MR) is 188 cm³/mol. The fourth-order valence-electron chi connectivity index (χ4n) is 8.16. The van der Waals surface area contributed by atoms with E-state index in [9.17, 15) is 9.59 Å². The Morgan fingerprint density at radius 2 is 0.646 bits per heavy atom. The molecule has 234 valence electrons. The van der Waals surface area contributed by atoms with Crippen molar-refractivity contribution in [2.45, 2.75) is 36.5 Å². The highest BCUT2D eigenvalue weighted by molar-refractivity contribution is 5.87. The van der Waals surface area contributed by atoms with E-state index in [0.717, 1.165) is 44.5 Å². The zero-order chi connectivity index (χ0) is 32.6. The fourth-order valence-corrected chi connectivity index (χ4v) is 8.16. The average Bonchev–Trinajstić information content (AvgIpc) is 3.56. The lowest BCUT2D eigenvalue weighted by molar-refractivity contribution is -0.137. The van der Waals surface area contributed by atoms with Crippen LogP contribution in [0.3, 0.4) is 0 Å². The number of hydrogen-bond donors (Lipinski definition) is 0. The van der Waals surface area contributed by atoms with Crippen LogP contribution in [-0.4, -0.2) is 11.9 Å². The largest absolute Gasteiger partial charge is 0.426 e. The molecule has 4 heteroatoms. The molecule has 6 aromatic carbocycles. The van der Waals surface area contributed by atoms with Crippen LogP contribution >= 0.6 is 0 Å². The Morgan fingerprint density at radius 1 is 0.375 bits per heavy atom. The molecule has 0 aliphatic heterocycles. The standard InChI is InChI=1S/C44H34O4/c45-41(47-31-15-3-1-4-16-31)29-43(37-23-11-7-19-33(37)34-20-8-12-24-38(34)43)27-28-44(30-42(46)48-32-17-5-2-6-18-32)39-25-13-9-21-35(39)36-22-10-14-26-40(36)44/h1-26H,27-30H2. The maximum atomic E-state index is 14.0. The molecule has 0 aromatic heterocycles. The Bertz CT molecular complexity index is 1890. The molecule has 0 N–H and O–H groups in total. The lowest BCUT2D eigenvalue weighted by Crippen LogP contribution is -2.36. The van der Waals surface area contributed by atoms with Crippen molar-refractivity contribution in [3.63, 3.8) is 0 Å². The molecule has 0 radical (unpaired) electrons. The van der Waals surface area contributed by atoms with Crippen LogP contribution < -0.4 is 9.47 Å². The van der Waals surface area contributed by atoms with Crippen LogP contribution in [0.5, 0.6) is 11.5 Å². The molecule has 0 saturated heterocycles. The van der Waals surface area contributed by atoms with Gasteiger partial charge in [-0.1, -0.05) is 133 Å². The van der Waals surface area contributed by atoms with Gasteiger partial charge in [-0.05, 0) is 81.6 Å². The summed E-state index contributed by atoms with van der Waals surface area (Å²) in [5, 5.41) is 0. The number of carbonyl (C=O) groups excluding carboxylic acids is 2. The van der Waals surface area contributed by atoms with Crippen LogP contribution in [0.1, 0.15) is 47.9 Å². The molecule has 8 rings (SSSR count). The van der Waals surface area contributed by atoms with E-state index in [2.05, 4.69) is 97.1 Å². The van der Waals surface area contributed by atoms with E-state index in [-0.39, 0.29) is 24.8 Å². The van der Waals surface area contributed by atoms with E-state index in [0.29, 0.717) is 24.3 Å². The summed E-state index contributed by atoms with van der Waals surface area (Å²) >= 11 is 0. The van der Waals surface area contributed by atoms with Crippen molar-refractivity contribution < 1.29 is 19.1 Å². The number of hydrogen-bond acceptors (Lipinski definition) is 4. The predicted octanol–water partition coefficient (Wildman–Crippen LogP) is 9.69. The van der Waals surface area contributed by atoms with Gasteiger partial charge in [0.05, 0.1) is 12.8 Å². The number of esters is 2. The van der Waals surface area contributed by atoms with Crippen molar-refractivity contribution in [3.8, 4) is 33.8 Å². The number of rotatable bonds is 9. The van der Waals surface area contributed by atoms with Gasteiger partial charge in [-0.3, -0.25) is 9.59 Å². The number of ether oxygens (including phenoxy) is 2. The first-order chi connectivity index (χ1) is 23.6. The van der Waals surface area contributed by atoms with Gasteiger partial charge in [-0.15, -0.1) is 0 Å². The first-order valence-electron chi connectivity index (χ1n) is 16.5. The topological polar surface area (TPSA) is 52.6 Å². The highest BCUT2D eigenvalue weighted by atomic mass is 16.5. The third kappa shape index (κ3) is 5.01. The summed E-state index contributed by atoms with van der Waals surface area (Å²) in [6.07, 6.45) is 1.52. The number of benzene rings is 6. The zero-order valence-electron chi connectivity index (χ0n) is 26.5. The van der Waals surface area contributed by atoms with Crippen LogP contribution in [-0.2, 0) is 20.4 Å². The number of carbonyl (C=O) groups is 2. The molecule has 2 aliphatic rings. The van der Waals surface area contributed by atoms with Gasteiger partial charge in [0.15, 0.2) is 0 Å². The van der Waals surface area contributed by atoms with Gasteiger partial charge in [0.2, 0.25) is 0 Å². The Kier molecular flexibility index (Phi) is 7.49. The minimum Gasteiger partial charge on any atom is -0.426 e. The lowest BCUT2D eigenvalue weighted by atomic mass is 9.65. The zero-order valence-corrected chi connectivity index (χ0v) is 26.5. The summed E-state index contributed by atoms with van der Waals surface area (Å²) in [7, 11) is 0. The number of fused-ring (bicyclic) bond motifs is 6. The van der Waals surface area contributed by atoms with Crippen LogP contribution in [0.4, 0.5) is 0 Å². The average molecular weight is 627 g/mol. The minimum absolute atomic E-state index is 0.157.